The van der Waals surface area contributed by atoms with Gasteiger partial charge in [-0.05, 0) is 41.7 Å². The third kappa shape index (κ3) is 5.86. The third-order valence-corrected chi connectivity index (χ3v) is 6.24. The molecule has 0 N–H and O–H groups in total. The van der Waals surface area contributed by atoms with Gasteiger partial charge in [0.2, 0.25) is 5.91 Å². The van der Waals surface area contributed by atoms with Crippen LogP contribution in [0.2, 0.25) is 0 Å². The molecule has 0 atom stereocenters. The first kappa shape index (κ1) is 21.4. The van der Waals surface area contributed by atoms with E-state index in [1.165, 1.54) is 5.56 Å². The fourth-order valence-corrected chi connectivity index (χ4v) is 4.22. The number of thioether (sulfide) groups is 1. The SMILES string of the molecule is CC(C)(C)c1ccc(SCC(=O)N2CCCN(C(=O)c3ccccc3)CC2)cc1. The molecule has 1 aliphatic rings. The molecule has 5 heteroatoms. The Bertz CT molecular complexity index is 828. The van der Waals surface area contributed by atoms with Gasteiger partial charge in [-0.3, -0.25) is 9.59 Å². The lowest BCUT2D eigenvalue weighted by Crippen LogP contribution is -2.38. The lowest BCUT2D eigenvalue weighted by molar-refractivity contribution is -0.128. The Labute approximate surface area is 178 Å². The molecule has 2 amide bonds. The molecule has 0 saturated carbocycles. The molecule has 1 heterocycles. The maximum absolute atomic E-state index is 12.7. The fraction of sp³-hybridized carbons (Fsp3) is 0.417. The van der Waals surface area contributed by atoms with Crippen molar-refractivity contribution in [3.05, 3.63) is 65.7 Å². The minimum Gasteiger partial charge on any atom is -0.340 e. The van der Waals surface area contributed by atoms with E-state index >= 15 is 0 Å². The molecule has 29 heavy (non-hydrogen) atoms. The molecule has 1 aliphatic heterocycles. The van der Waals surface area contributed by atoms with Gasteiger partial charge in [0.1, 0.15) is 0 Å². The van der Waals surface area contributed by atoms with Gasteiger partial charge in [0, 0.05) is 36.6 Å². The first-order chi connectivity index (χ1) is 13.8. The molecular weight excluding hydrogens is 380 g/mol. The molecule has 154 valence electrons. The summed E-state index contributed by atoms with van der Waals surface area (Å²) in [7, 11) is 0. The third-order valence-electron chi connectivity index (χ3n) is 5.24. The highest BCUT2D eigenvalue weighted by Crippen LogP contribution is 2.26. The van der Waals surface area contributed by atoms with Gasteiger partial charge in [-0.25, -0.2) is 0 Å². The molecule has 0 spiro atoms. The van der Waals surface area contributed by atoms with E-state index in [9.17, 15) is 9.59 Å². The predicted molar refractivity (Wildman–Crippen MR) is 119 cm³/mol. The van der Waals surface area contributed by atoms with E-state index in [-0.39, 0.29) is 17.2 Å². The minimum absolute atomic E-state index is 0.0493. The number of nitrogens with zero attached hydrogens (tertiary/aromatic N) is 2. The van der Waals surface area contributed by atoms with Crippen LogP contribution < -0.4 is 0 Å². The van der Waals surface area contributed by atoms with Crippen LogP contribution in [0.3, 0.4) is 0 Å². The van der Waals surface area contributed by atoms with Crippen molar-refractivity contribution in [3.63, 3.8) is 0 Å². The van der Waals surface area contributed by atoms with Crippen LogP contribution in [0, 0.1) is 0 Å². The molecule has 4 nitrogen and oxygen atoms in total. The summed E-state index contributed by atoms with van der Waals surface area (Å²) >= 11 is 1.58. The van der Waals surface area contributed by atoms with Gasteiger partial charge >= 0.3 is 0 Å². The smallest absolute Gasteiger partial charge is 0.253 e. The Morgan fingerprint density at radius 1 is 0.862 bits per heavy atom. The Morgan fingerprint density at radius 2 is 1.48 bits per heavy atom. The zero-order valence-corrected chi connectivity index (χ0v) is 18.4. The van der Waals surface area contributed by atoms with E-state index in [0.717, 1.165) is 11.3 Å². The van der Waals surface area contributed by atoms with Crippen molar-refractivity contribution in [2.75, 3.05) is 31.9 Å². The van der Waals surface area contributed by atoms with Gasteiger partial charge in [0.05, 0.1) is 5.75 Å². The Balaban J connectivity index is 1.51. The van der Waals surface area contributed by atoms with Gasteiger partial charge in [-0.15, -0.1) is 11.8 Å². The molecule has 0 bridgehead atoms. The summed E-state index contributed by atoms with van der Waals surface area (Å²) in [5, 5.41) is 0. The summed E-state index contributed by atoms with van der Waals surface area (Å²) in [5.41, 5.74) is 2.14. The van der Waals surface area contributed by atoms with E-state index in [4.69, 9.17) is 0 Å². The summed E-state index contributed by atoms with van der Waals surface area (Å²) in [5.74, 6) is 0.624. The first-order valence-electron chi connectivity index (χ1n) is 10.2. The zero-order chi connectivity index (χ0) is 20.9. The second-order valence-corrected chi connectivity index (χ2v) is 9.50. The van der Waals surface area contributed by atoms with Crippen molar-refractivity contribution < 1.29 is 9.59 Å². The normalized spacial score (nSPS) is 15.1. The molecule has 2 aromatic rings. The van der Waals surface area contributed by atoms with Crippen molar-refractivity contribution in [2.24, 2.45) is 0 Å². The maximum atomic E-state index is 12.7. The lowest BCUT2D eigenvalue weighted by Gasteiger charge is -2.22. The Kier molecular flexibility index (Phi) is 7.01. The van der Waals surface area contributed by atoms with Gasteiger partial charge in [-0.1, -0.05) is 51.1 Å². The maximum Gasteiger partial charge on any atom is 0.253 e. The predicted octanol–water partition coefficient (Wildman–Crippen LogP) is 4.45. The van der Waals surface area contributed by atoms with Crippen LogP contribution in [0.1, 0.15) is 43.1 Å². The van der Waals surface area contributed by atoms with Crippen LogP contribution in [0.25, 0.3) is 0 Å². The number of hydrogen-bond acceptors (Lipinski definition) is 3. The van der Waals surface area contributed by atoms with Crippen LogP contribution in [0.15, 0.2) is 59.5 Å². The van der Waals surface area contributed by atoms with Crippen LogP contribution in [-0.4, -0.2) is 53.5 Å². The van der Waals surface area contributed by atoms with Crippen molar-refractivity contribution >= 4 is 23.6 Å². The number of carbonyl (C=O) groups excluding carboxylic acids is 2. The number of benzene rings is 2. The first-order valence-corrected chi connectivity index (χ1v) is 11.2. The molecule has 0 unspecified atom stereocenters. The highest BCUT2D eigenvalue weighted by atomic mass is 32.2. The molecule has 0 radical (unpaired) electrons. The summed E-state index contributed by atoms with van der Waals surface area (Å²) in [6.45, 7) is 9.18. The topological polar surface area (TPSA) is 40.6 Å². The van der Waals surface area contributed by atoms with Crippen LogP contribution in [0.4, 0.5) is 0 Å². The van der Waals surface area contributed by atoms with E-state index < -0.39 is 0 Å². The highest BCUT2D eigenvalue weighted by Gasteiger charge is 2.22. The summed E-state index contributed by atoms with van der Waals surface area (Å²) in [6, 6.07) is 17.8. The van der Waals surface area contributed by atoms with Crippen molar-refractivity contribution in [1.82, 2.24) is 9.80 Å². The van der Waals surface area contributed by atoms with E-state index in [0.29, 0.717) is 37.5 Å². The molecule has 1 fully saturated rings. The van der Waals surface area contributed by atoms with Gasteiger partial charge in [-0.2, -0.15) is 0 Å². The van der Waals surface area contributed by atoms with Crippen molar-refractivity contribution in [3.8, 4) is 0 Å². The van der Waals surface area contributed by atoms with Crippen LogP contribution >= 0.6 is 11.8 Å². The number of carbonyl (C=O) groups is 2. The lowest BCUT2D eigenvalue weighted by atomic mass is 9.87. The number of hydrogen-bond donors (Lipinski definition) is 0. The summed E-state index contributed by atoms with van der Waals surface area (Å²) in [6.07, 6.45) is 0.815. The van der Waals surface area contributed by atoms with Gasteiger partial charge < -0.3 is 9.80 Å². The van der Waals surface area contributed by atoms with Crippen LogP contribution in [-0.2, 0) is 10.2 Å². The molecule has 2 aromatic carbocycles. The standard InChI is InChI=1S/C24H30N2O2S/c1-24(2,3)20-10-12-21(13-11-20)29-18-22(27)25-14-7-15-26(17-16-25)23(28)19-8-5-4-6-9-19/h4-6,8-13H,7,14-18H2,1-3H3. The second kappa shape index (κ2) is 9.49. The summed E-state index contributed by atoms with van der Waals surface area (Å²) < 4.78 is 0. The van der Waals surface area contributed by atoms with Crippen LogP contribution in [0.5, 0.6) is 0 Å². The van der Waals surface area contributed by atoms with E-state index in [1.807, 2.05) is 40.1 Å². The average Bonchev–Trinajstić information content (AvgIpc) is 2.98. The molecule has 1 saturated heterocycles. The second-order valence-electron chi connectivity index (χ2n) is 8.46. The Hall–Kier alpha value is -2.27. The molecule has 3 rings (SSSR count). The summed E-state index contributed by atoms with van der Waals surface area (Å²) in [4.78, 5) is 30.2. The zero-order valence-electron chi connectivity index (χ0n) is 17.6. The molecular formula is C24H30N2O2S. The van der Waals surface area contributed by atoms with E-state index in [1.54, 1.807) is 11.8 Å². The van der Waals surface area contributed by atoms with E-state index in [2.05, 4.69) is 45.0 Å². The number of rotatable bonds is 4. The molecule has 0 aromatic heterocycles. The van der Waals surface area contributed by atoms with Crippen molar-refractivity contribution in [1.29, 1.82) is 0 Å². The van der Waals surface area contributed by atoms with Gasteiger partial charge in [0.25, 0.3) is 5.91 Å². The molecule has 0 aliphatic carbocycles. The Morgan fingerprint density at radius 3 is 2.14 bits per heavy atom. The van der Waals surface area contributed by atoms with Crippen molar-refractivity contribution in [2.45, 2.75) is 37.5 Å². The average molecular weight is 411 g/mol. The largest absolute Gasteiger partial charge is 0.340 e. The quantitative estimate of drug-likeness (QED) is 0.699. The van der Waals surface area contributed by atoms with Gasteiger partial charge in [0.15, 0.2) is 0 Å². The monoisotopic (exact) mass is 410 g/mol. The highest BCUT2D eigenvalue weighted by molar-refractivity contribution is 8.00. The number of amides is 2. The minimum atomic E-state index is 0.0493. The fourth-order valence-electron chi connectivity index (χ4n) is 3.42.